The van der Waals surface area contributed by atoms with Crippen molar-refractivity contribution in [1.29, 1.82) is 5.41 Å². The number of aromatic nitrogens is 1. The van der Waals surface area contributed by atoms with Gasteiger partial charge in [0.05, 0.1) is 12.1 Å². The molecule has 0 saturated carbocycles. The fourth-order valence-electron chi connectivity index (χ4n) is 3.21. The number of nitrogens with zero attached hydrogens (tertiary/aromatic N) is 4. The molecule has 1 aromatic heterocycles. The van der Waals surface area contributed by atoms with E-state index >= 15 is 0 Å². The van der Waals surface area contributed by atoms with Crippen molar-refractivity contribution in [2.45, 2.75) is 26.1 Å². The van der Waals surface area contributed by atoms with Crippen molar-refractivity contribution in [3.63, 3.8) is 0 Å². The van der Waals surface area contributed by atoms with Crippen molar-refractivity contribution in [1.82, 2.24) is 9.58 Å². The number of fused-ring (bicyclic) bond motifs is 1. The van der Waals surface area contributed by atoms with Crippen molar-refractivity contribution in [2.75, 3.05) is 6.61 Å². The molecule has 0 radical (unpaired) electrons. The lowest BCUT2D eigenvalue weighted by Crippen LogP contribution is -2.35. The summed E-state index contributed by atoms with van der Waals surface area (Å²) in [6.45, 7) is 2.89. The maximum absolute atomic E-state index is 13.0. The van der Waals surface area contributed by atoms with Crippen LogP contribution in [0, 0.1) is 5.41 Å². The number of hydrazone groups is 1. The van der Waals surface area contributed by atoms with E-state index in [-0.39, 0.29) is 22.5 Å². The molecule has 1 aromatic carbocycles. The highest BCUT2D eigenvalue weighted by molar-refractivity contribution is 8.27. The number of carbonyl (C=O) groups is 1. The van der Waals surface area contributed by atoms with Gasteiger partial charge in [-0.2, -0.15) is 28.3 Å². The molecule has 0 saturated heterocycles. The molecule has 11 heteroatoms. The molecule has 0 atom stereocenters. The van der Waals surface area contributed by atoms with Gasteiger partial charge in [-0.1, -0.05) is 25.1 Å². The number of alkyl halides is 3. The number of ether oxygens (including phenoxy) is 1. The van der Waals surface area contributed by atoms with Crippen molar-refractivity contribution < 1.29 is 22.7 Å². The van der Waals surface area contributed by atoms with Crippen LogP contribution in [0.3, 0.4) is 0 Å². The Balaban J connectivity index is 1.51. The number of halogens is 3. The number of amides is 1. The maximum Gasteiger partial charge on any atom is 0.441 e. The van der Waals surface area contributed by atoms with Crippen LogP contribution in [0.25, 0.3) is 6.08 Å². The van der Waals surface area contributed by atoms with Crippen molar-refractivity contribution in [3.8, 4) is 5.75 Å². The van der Waals surface area contributed by atoms with Crippen molar-refractivity contribution >= 4 is 39.8 Å². The highest BCUT2D eigenvalue weighted by Gasteiger charge is 2.46. The van der Waals surface area contributed by atoms with E-state index < -0.39 is 23.0 Å². The molecule has 0 bridgehead atoms. The van der Waals surface area contributed by atoms with Gasteiger partial charge in [-0.05, 0) is 48.0 Å². The average molecular weight is 461 g/mol. The molecule has 2 aliphatic rings. The predicted octanol–water partition coefficient (Wildman–Crippen LogP) is 4.31. The van der Waals surface area contributed by atoms with Gasteiger partial charge in [0.2, 0.25) is 10.2 Å². The molecule has 0 aliphatic carbocycles. The Labute approximate surface area is 185 Å². The number of para-hydroxylation sites is 1. The zero-order valence-electron chi connectivity index (χ0n) is 16.9. The summed E-state index contributed by atoms with van der Waals surface area (Å²) in [6.07, 6.45) is -0.616. The van der Waals surface area contributed by atoms with Crippen LogP contribution in [0.15, 0.2) is 58.3 Å². The first kappa shape index (κ1) is 21.9. The number of hydrogen-bond donors (Lipinski definition) is 1. The van der Waals surface area contributed by atoms with E-state index in [1.165, 1.54) is 6.08 Å². The Hall–Kier alpha value is -3.34. The van der Waals surface area contributed by atoms with E-state index in [0.29, 0.717) is 18.8 Å². The van der Waals surface area contributed by atoms with E-state index in [1.54, 1.807) is 18.3 Å². The zero-order chi connectivity index (χ0) is 22.9. The van der Waals surface area contributed by atoms with Crippen molar-refractivity contribution in [2.24, 2.45) is 10.1 Å². The van der Waals surface area contributed by atoms with Gasteiger partial charge in [0.15, 0.2) is 5.84 Å². The number of carbonyl (C=O) groups excluding carboxylic acids is 1. The largest absolute Gasteiger partial charge is 0.491 e. The van der Waals surface area contributed by atoms with Crippen LogP contribution in [0.4, 0.5) is 13.2 Å². The number of rotatable bonds is 6. The third-order valence-corrected chi connectivity index (χ3v) is 5.75. The summed E-state index contributed by atoms with van der Waals surface area (Å²) in [7, 11) is 0. The fraction of sp³-hybridized carbons (Fsp3) is 0.238. The van der Waals surface area contributed by atoms with E-state index in [0.717, 1.165) is 22.7 Å². The minimum atomic E-state index is -4.68. The Morgan fingerprint density at radius 1 is 1.22 bits per heavy atom. The van der Waals surface area contributed by atoms with Crippen LogP contribution in [0.5, 0.6) is 5.75 Å². The Bertz CT molecular complexity index is 1170. The molecule has 4 rings (SSSR count). The van der Waals surface area contributed by atoms with Gasteiger partial charge in [0, 0.05) is 11.9 Å². The molecule has 7 nitrogen and oxygen atoms in total. The zero-order valence-corrected chi connectivity index (χ0v) is 17.7. The Morgan fingerprint density at radius 2 is 2.00 bits per heavy atom. The molecule has 0 spiro atoms. The first-order valence-corrected chi connectivity index (χ1v) is 10.5. The molecule has 32 heavy (non-hydrogen) atoms. The standard InChI is InChI=1S/C21H18F3N5O2S/c1-2-13-6-3-4-8-16(13)31-11-10-28-9-5-7-14(28)12-15-17(25)29-20(26-18(15)30)32-19(27-29)21(22,23)24/h3-9,12,25H,2,10-11H2,1H3. The lowest BCUT2D eigenvalue weighted by molar-refractivity contribution is -0.114. The average Bonchev–Trinajstić information content (AvgIpc) is 3.38. The predicted molar refractivity (Wildman–Crippen MR) is 117 cm³/mol. The molecule has 1 N–H and O–H groups in total. The second-order valence-corrected chi connectivity index (χ2v) is 7.82. The van der Waals surface area contributed by atoms with Crippen LogP contribution in [-0.2, 0) is 17.8 Å². The molecule has 166 valence electrons. The molecule has 2 aromatic rings. The van der Waals surface area contributed by atoms with Gasteiger partial charge in [-0.25, -0.2) is 0 Å². The van der Waals surface area contributed by atoms with Crippen LogP contribution >= 0.6 is 11.8 Å². The molecule has 1 amide bonds. The van der Waals surface area contributed by atoms with Crippen molar-refractivity contribution in [3.05, 3.63) is 59.4 Å². The van der Waals surface area contributed by atoms with Gasteiger partial charge >= 0.3 is 6.18 Å². The summed E-state index contributed by atoms with van der Waals surface area (Å²) < 4.78 is 46.6. The van der Waals surface area contributed by atoms with Gasteiger partial charge in [0.1, 0.15) is 12.4 Å². The van der Waals surface area contributed by atoms with E-state index in [4.69, 9.17) is 10.1 Å². The lowest BCUT2D eigenvalue weighted by Gasteiger charge is -2.20. The fourth-order valence-corrected chi connectivity index (χ4v) is 3.97. The molecular formula is C21H18F3N5O2S. The smallest absolute Gasteiger partial charge is 0.441 e. The minimum Gasteiger partial charge on any atom is -0.491 e. The van der Waals surface area contributed by atoms with Crippen LogP contribution in [0.1, 0.15) is 18.2 Å². The number of thioether (sulfide) groups is 1. The van der Waals surface area contributed by atoms with Crippen LogP contribution < -0.4 is 4.74 Å². The molecule has 0 fully saturated rings. The number of aryl methyl sites for hydroxylation is 1. The first-order valence-electron chi connectivity index (χ1n) is 9.71. The Kier molecular flexibility index (Phi) is 5.92. The number of benzene rings is 1. The SMILES string of the molecule is CCc1ccccc1OCCn1cccc1C=C1C(=N)N2N=C(C(F)(F)F)SC2=NC1=O. The van der Waals surface area contributed by atoms with E-state index in [9.17, 15) is 18.0 Å². The molecule has 3 heterocycles. The molecule has 2 aliphatic heterocycles. The van der Waals surface area contributed by atoms with Gasteiger partial charge < -0.3 is 9.30 Å². The van der Waals surface area contributed by atoms with Crippen LogP contribution in [-0.4, -0.2) is 44.3 Å². The summed E-state index contributed by atoms with van der Waals surface area (Å²) >= 11 is 0.224. The third-order valence-electron chi connectivity index (χ3n) is 4.80. The second-order valence-electron chi connectivity index (χ2n) is 6.86. The lowest BCUT2D eigenvalue weighted by atomic mass is 10.1. The summed E-state index contributed by atoms with van der Waals surface area (Å²) in [5, 5.41) is 10.9. The molecule has 0 unspecified atom stereocenters. The number of hydrogen-bond acceptors (Lipinski definition) is 5. The number of nitrogens with one attached hydrogen (secondary N) is 1. The summed E-state index contributed by atoms with van der Waals surface area (Å²) in [4.78, 5) is 16.1. The maximum atomic E-state index is 13.0. The summed E-state index contributed by atoms with van der Waals surface area (Å²) in [6, 6.07) is 11.3. The van der Waals surface area contributed by atoms with Crippen LogP contribution in [0.2, 0.25) is 0 Å². The number of aliphatic imine (C=N–C) groups is 1. The van der Waals surface area contributed by atoms with Gasteiger partial charge in [0.25, 0.3) is 5.91 Å². The normalized spacial score (nSPS) is 17.5. The van der Waals surface area contributed by atoms with Gasteiger partial charge in [-0.3, -0.25) is 10.2 Å². The minimum absolute atomic E-state index is 0.140. The van der Waals surface area contributed by atoms with Gasteiger partial charge in [-0.15, -0.1) is 0 Å². The monoisotopic (exact) mass is 461 g/mol. The summed E-state index contributed by atoms with van der Waals surface area (Å²) in [5.41, 5.74) is 1.55. The van der Waals surface area contributed by atoms with E-state index in [1.807, 2.05) is 35.8 Å². The summed E-state index contributed by atoms with van der Waals surface area (Å²) in [5.74, 6) is -0.432. The van der Waals surface area contributed by atoms with E-state index in [2.05, 4.69) is 10.1 Å². The first-order chi connectivity index (χ1) is 15.3. The Morgan fingerprint density at radius 3 is 2.75 bits per heavy atom. The molecular weight excluding hydrogens is 443 g/mol. The highest BCUT2D eigenvalue weighted by atomic mass is 32.2. The quantitative estimate of drug-likeness (QED) is 0.650. The highest BCUT2D eigenvalue weighted by Crippen LogP contribution is 2.35. The second kappa shape index (κ2) is 8.65. The number of amidine groups is 2. The topological polar surface area (TPSA) is 83.0 Å². The third kappa shape index (κ3) is 4.33.